The van der Waals surface area contributed by atoms with Gasteiger partial charge in [0.2, 0.25) is 5.91 Å². The third-order valence-corrected chi connectivity index (χ3v) is 4.55. The molecule has 6 nitrogen and oxygen atoms in total. The van der Waals surface area contributed by atoms with Crippen molar-refractivity contribution in [2.75, 3.05) is 18.1 Å². The van der Waals surface area contributed by atoms with Crippen LogP contribution in [0.15, 0.2) is 60.7 Å². The Morgan fingerprint density at radius 1 is 1.11 bits per heavy atom. The second kappa shape index (κ2) is 8.49. The number of amides is 2. The van der Waals surface area contributed by atoms with Gasteiger partial charge < -0.3 is 15.0 Å². The van der Waals surface area contributed by atoms with Gasteiger partial charge in [-0.2, -0.15) is 0 Å². The third-order valence-electron chi connectivity index (χ3n) is 4.55. The minimum Gasteiger partial charge on any atom is -0.455 e. The number of nitrogens with zero attached hydrogens (tertiary/aromatic N) is 1. The first-order valence-corrected chi connectivity index (χ1v) is 8.91. The van der Waals surface area contributed by atoms with Crippen LogP contribution in [-0.2, 0) is 19.1 Å². The van der Waals surface area contributed by atoms with Crippen molar-refractivity contribution >= 4 is 23.5 Å². The van der Waals surface area contributed by atoms with Gasteiger partial charge in [0.25, 0.3) is 5.91 Å². The van der Waals surface area contributed by atoms with Crippen molar-refractivity contribution in [1.29, 1.82) is 0 Å². The second-order valence-electron chi connectivity index (χ2n) is 6.55. The maximum Gasteiger partial charge on any atom is 0.311 e. The Bertz CT molecular complexity index is 807. The van der Waals surface area contributed by atoms with Crippen molar-refractivity contribution in [3.05, 3.63) is 66.2 Å². The minimum absolute atomic E-state index is 0.0930. The van der Waals surface area contributed by atoms with E-state index in [-0.39, 0.29) is 37.4 Å². The molecule has 1 saturated heterocycles. The molecule has 0 saturated carbocycles. The highest BCUT2D eigenvalue weighted by molar-refractivity contribution is 5.99. The lowest BCUT2D eigenvalue weighted by Crippen LogP contribution is -2.32. The van der Waals surface area contributed by atoms with E-state index in [9.17, 15) is 14.4 Å². The molecule has 1 fully saturated rings. The molecule has 1 aliphatic rings. The molecule has 0 bridgehead atoms. The van der Waals surface area contributed by atoms with Gasteiger partial charge in [0.15, 0.2) is 6.61 Å². The maximum absolute atomic E-state index is 12.2. The third kappa shape index (κ3) is 4.73. The number of ether oxygens (including phenoxy) is 1. The van der Waals surface area contributed by atoms with Crippen LogP contribution in [0, 0.1) is 5.92 Å². The number of nitrogens with one attached hydrogen (secondary N) is 1. The van der Waals surface area contributed by atoms with Crippen LogP contribution in [0.5, 0.6) is 0 Å². The highest BCUT2D eigenvalue weighted by Gasteiger charge is 2.36. The molecular formula is C21H22N2O4. The number of rotatable bonds is 6. The molecule has 0 aliphatic carbocycles. The molecule has 0 radical (unpaired) electrons. The Hall–Kier alpha value is -3.15. The fourth-order valence-electron chi connectivity index (χ4n) is 3.09. The van der Waals surface area contributed by atoms with Gasteiger partial charge in [0, 0.05) is 18.7 Å². The summed E-state index contributed by atoms with van der Waals surface area (Å²) >= 11 is 0. The number of benzene rings is 2. The van der Waals surface area contributed by atoms with Gasteiger partial charge in [0.1, 0.15) is 0 Å². The first kappa shape index (κ1) is 18.6. The Kier molecular flexibility index (Phi) is 5.86. The molecule has 140 valence electrons. The summed E-state index contributed by atoms with van der Waals surface area (Å²) in [6.07, 6.45) is 0.0930. The summed E-state index contributed by atoms with van der Waals surface area (Å²) in [5.41, 5.74) is 1.73. The van der Waals surface area contributed by atoms with E-state index >= 15 is 0 Å². The zero-order chi connectivity index (χ0) is 19.2. The molecule has 3 rings (SSSR count). The van der Waals surface area contributed by atoms with Gasteiger partial charge in [-0.25, -0.2) is 0 Å². The van der Waals surface area contributed by atoms with Crippen LogP contribution in [0.2, 0.25) is 0 Å². The van der Waals surface area contributed by atoms with Crippen LogP contribution in [-0.4, -0.2) is 30.9 Å². The molecular weight excluding hydrogens is 344 g/mol. The van der Waals surface area contributed by atoms with Crippen LogP contribution in [0.25, 0.3) is 0 Å². The summed E-state index contributed by atoms with van der Waals surface area (Å²) in [5.74, 6) is -1.57. The summed E-state index contributed by atoms with van der Waals surface area (Å²) in [4.78, 5) is 38.0. The molecule has 0 unspecified atom stereocenters. The number of hydrogen-bond donors (Lipinski definition) is 1. The highest BCUT2D eigenvalue weighted by Crippen LogP contribution is 2.25. The van der Waals surface area contributed by atoms with Gasteiger partial charge in [0.05, 0.1) is 12.0 Å². The van der Waals surface area contributed by atoms with E-state index < -0.39 is 11.9 Å². The zero-order valence-corrected chi connectivity index (χ0v) is 15.1. The monoisotopic (exact) mass is 366 g/mol. The fourth-order valence-corrected chi connectivity index (χ4v) is 3.09. The Morgan fingerprint density at radius 3 is 2.41 bits per heavy atom. The largest absolute Gasteiger partial charge is 0.455 e. The maximum atomic E-state index is 12.2. The van der Waals surface area contributed by atoms with Crippen LogP contribution < -0.4 is 10.2 Å². The van der Waals surface area contributed by atoms with E-state index in [0.717, 1.165) is 11.3 Å². The van der Waals surface area contributed by atoms with E-state index in [4.69, 9.17) is 4.74 Å². The van der Waals surface area contributed by atoms with E-state index in [1.54, 1.807) is 4.90 Å². The molecule has 6 heteroatoms. The van der Waals surface area contributed by atoms with Gasteiger partial charge in [-0.3, -0.25) is 14.4 Å². The highest BCUT2D eigenvalue weighted by atomic mass is 16.5. The predicted molar refractivity (Wildman–Crippen MR) is 101 cm³/mol. The number of carbonyl (C=O) groups is 3. The standard InChI is InChI=1S/C21H22N2O4/c1-15(16-8-4-2-5-9-16)22-19(24)14-27-21(26)17-12-20(25)23(13-17)18-10-6-3-7-11-18/h2-11,15,17H,12-14H2,1H3,(H,22,24)/t15-,17+/m0/s1. The summed E-state index contributed by atoms with van der Waals surface area (Å²) in [7, 11) is 0. The molecule has 2 atom stereocenters. The van der Waals surface area contributed by atoms with Gasteiger partial charge in [-0.15, -0.1) is 0 Å². The predicted octanol–water partition coefficient (Wildman–Crippen LogP) is 2.46. The number of hydrogen-bond acceptors (Lipinski definition) is 4. The average Bonchev–Trinajstić information content (AvgIpc) is 3.09. The lowest BCUT2D eigenvalue weighted by atomic mass is 10.1. The molecule has 27 heavy (non-hydrogen) atoms. The Balaban J connectivity index is 1.48. The summed E-state index contributed by atoms with van der Waals surface area (Å²) in [6, 6.07) is 18.5. The van der Waals surface area contributed by atoms with E-state index in [0.29, 0.717) is 0 Å². The molecule has 0 spiro atoms. The molecule has 2 aromatic rings. The second-order valence-corrected chi connectivity index (χ2v) is 6.55. The normalized spacial score (nSPS) is 17.4. The quantitative estimate of drug-likeness (QED) is 0.797. The van der Waals surface area contributed by atoms with Crippen molar-refractivity contribution < 1.29 is 19.1 Å². The van der Waals surface area contributed by atoms with Crippen molar-refractivity contribution in [1.82, 2.24) is 5.32 Å². The smallest absolute Gasteiger partial charge is 0.311 e. The van der Waals surface area contributed by atoms with Crippen LogP contribution >= 0.6 is 0 Å². The summed E-state index contributed by atoms with van der Waals surface area (Å²) < 4.78 is 5.13. The first-order valence-electron chi connectivity index (χ1n) is 8.91. The van der Waals surface area contributed by atoms with Crippen molar-refractivity contribution in [2.24, 2.45) is 5.92 Å². The number of carbonyl (C=O) groups excluding carboxylic acids is 3. The molecule has 1 N–H and O–H groups in total. The van der Waals surface area contributed by atoms with Gasteiger partial charge >= 0.3 is 5.97 Å². The van der Waals surface area contributed by atoms with Crippen LogP contribution in [0.4, 0.5) is 5.69 Å². The Morgan fingerprint density at radius 2 is 1.74 bits per heavy atom. The van der Waals surface area contributed by atoms with Gasteiger partial charge in [-0.1, -0.05) is 48.5 Å². The van der Waals surface area contributed by atoms with Crippen molar-refractivity contribution in [3.8, 4) is 0 Å². The topological polar surface area (TPSA) is 75.7 Å². The molecule has 1 heterocycles. The van der Waals surface area contributed by atoms with E-state index in [1.807, 2.05) is 67.6 Å². The lowest BCUT2D eigenvalue weighted by Gasteiger charge is -2.17. The number of anilines is 1. The summed E-state index contributed by atoms with van der Waals surface area (Å²) in [6.45, 7) is 1.78. The SMILES string of the molecule is C[C@H](NC(=O)COC(=O)[C@@H]1CC(=O)N(c2ccccc2)C1)c1ccccc1. The van der Waals surface area contributed by atoms with Crippen molar-refractivity contribution in [3.63, 3.8) is 0 Å². The molecule has 2 amide bonds. The fraction of sp³-hybridized carbons (Fsp3) is 0.286. The van der Waals surface area contributed by atoms with Crippen LogP contribution in [0.3, 0.4) is 0 Å². The summed E-state index contributed by atoms with van der Waals surface area (Å²) in [5, 5.41) is 2.79. The Labute approximate surface area is 158 Å². The minimum atomic E-state index is -0.558. The van der Waals surface area contributed by atoms with Gasteiger partial charge in [-0.05, 0) is 24.6 Å². The number of esters is 1. The average molecular weight is 366 g/mol. The molecule has 0 aromatic heterocycles. The van der Waals surface area contributed by atoms with Crippen molar-refractivity contribution in [2.45, 2.75) is 19.4 Å². The number of para-hydroxylation sites is 1. The lowest BCUT2D eigenvalue weighted by molar-refractivity contribution is -0.152. The first-order chi connectivity index (χ1) is 13.0. The zero-order valence-electron chi connectivity index (χ0n) is 15.1. The van der Waals surface area contributed by atoms with E-state index in [2.05, 4.69) is 5.32 Å². The van der Waals surface area contributed by atoms with Crippen LogP contribution in [0.1, 0.15) is 24.9 Å². The van der Waals surface area contributed by atoms with E-state index in [1.165, 1.54) is 0 Å². The molecule has 1 aliphatic heterocycles. The molecule has 2 aromatic carbocycles.